The molecule has 2 aromatic rings. The molecule has 1 heterocycles. The van der Waals surface area contributed by atoms with Crippen LogP contribution in [0.5, 0.6) is 5.75 Å². The van der Waals surface area contributed by atoms with E-state index in [1.165, 1.54) is 0 Å². The Balaban J connectivity index is 1.84. The second-order valence-electron chi connectivity index (χ2n) is 4.83. The summed E-state index contributed by atoms with van der Waals surface area (Å²) in [6.45, 7) is 4.13. The Labute approximate surface area is 128 Å². The van der Waals surface area contributed by atoms with Crippen molar-refractivity contribution in [2.75, 3.05) is 6.61 Å². The highest BCUT2D eigenvalue weighted by molar-refractivity contribution is 7.08. The first-order valence-electron chi connectivity index (χ1n) is 6.72. The number of amides is 1. The van der Waals surface area contributed by atoms with Crippen LogP contribution < -0.4 is 10.2 Å². The number of nitrogens with zero attached hydrogens (tertiary/aromatic N) is 1. The van der Waals surface area contributed by atoms with E-state index >= 15 is 0 Å². The summed E-state index contributed by atoms with van der Waals surface area (Å²) in [6, 6.07) is 9.67. The highest BCUT2D eigenvalue weighted by atomic mass is 32.1. The van der Waals surface area contributed by atoms with Crippen LogP contribution in [0.25, 0.3) is 0 Å². The number of hydrazone groups is 1. The molecule has 0 aliphatic carbocycles. The van der Waals surface area contributed by atoms with Crippen LogP contribution in [0.2, 0.25) is 0 Å². The average Bonchev–Trinajstić information content (AvgIpc) is 2.98. The van der Waals surface area contributed by atoms with Crippen LogP contribution in [0, 0.1) is 0 Å². The summed E-state index contributed by atoms with van der Waals surface area (Å²) >= 11 is 1.58. The molecule has 4 nitrogen and oxygen atoms in total. The zero-order chi connectivity index (χ0) is 15.1. The Hall–Kier alpha value is -2.14. The Morgan fingerprint density at radius 2 is 2.19 bits per heavy atom. The van der Waals surface area contributed by atoms with Crippen molar-refractivity contribution in [1.82, 2.24) is 5.43 Å². The maximum absolute atomic E-state index is 11.7. The van der Waals surface area contributed by atoms with Crippen molar-refractivity contribution in [3.8, 4) is 5.75 Å². The summed E-state index contributed by atoms with van der Waals surface area (Å²) in [5.41, 5.74) is 4.50. The number of carbonyl (C=O) groups excluding carboxylic acids is 1. The number of para-hydroxylation sites is 1. The first-order chi connectivity index (χ1) is 10.2. The standard InChI is InChI=1S/C16H18N2O2S/c1-12(2)14-5-3-4-6-15(14)20-10-16(19)18-17-9-13-7-8-21-11-13/h3-9,11-12H,10H2,1-2H3,(H,18,19)/b17-9+. The molecular weight excluding hydrogens is 284 g/mol. The minimum absolute atomic E-state index is 0.0509. The van der Waals surface area contributed by atoms with Gasteiger partial charge in [0, 0.05) is 5.56 Å². The zero-order valence-electron chi connectivity index (χ0n) is 12.1. The number of hydrogen-bond acceptors (Lipinski definition) is 4. The molecule has 1 amide bonds. The van der Waals surface area contributed by atoms with E-state index in [0.29, 0.717) is 5.92 Å². The van der Waals surface area contributed by atoms with Gasteiger partial charge in [0.2, 0.25) is 0 Å². The predicted molar refractivity (Wildman–Crippen MR) is 86.1 cm³/mol. The van der Waals surface area contributed by atoms with E-state index in [9.17, 15) is 4.79 Å². The van der Waals surface area contributed by atoms with Gasteiger partial charge in [0.05, 0.1) is 6.21 Å². The van der Waals surface area contributed by atoms with E-state index in [4.69, 9.17) is 4.74 Å². The number of rotatable bonds is 6. The molecule has 21 heavy (non-hydrogen) atoms. The second kappa shape index (κ2) is 7.59. The third-order valence-corrected chi connectivity index (χ3v) is 3.55. The van der Waals surface area contributed by atoms with Crippen molar-refractivity contribution in [2.24, 2.45) is 5.10 Å². The van der Waals surface area contributed by atoms with Crippen molar-refractivity contribution < 1.29 is 9.53 Å². The SMILES string of the molecule is CC(C)c1ccccc1OCC(=O)N/N=C/c1ccsc1. The molecule has 0 bridgehead atoms. The van der Waals surface area contributed by atoms with Gasteiger partial charge in [-0.15, -0.1) is 0 Å². The summed E-state index contributed by atoms with van der Waals surface area (Å²) in [5.74, 6) is 0.811. The Morgan fingerprint density at radius 3 is 2.90 bits per heavy atom. The fraction of sp³-hybridized carbons (Fsp3) is 0.250. The quantitative estimate of drug-likeness (QED) is 0.657. The molecular formula is C16H18N2O2S. The van der Waals surface area contributed by atoms with E-state index in [1.54, 1.807) is 17.6 Å². The van der Waals surface area contributed by atoms with Gasteiger partial charge in [-0.1, -0.05) is 32.0 Å². The molecule has 2 rings (SSSR count). The van der Waals surface area contributed by atoms with Crippen LogP contribution in [-0.4, -0.2) is 18.7 Å². The van der Waals surface area contributed by atoms with Gasteiger partial charge in [0.15, 0.2) is 6.61 Å². The van der Waals surface area contributed by atoms with Gasteiger partial charge in [-0.25, -0.2) is 5.43 Å². The maximum atomic E-state index is 11.7. The Morgan fingerprint density at radius 1 is 1.38 bits per heavy atom. The van der Waals surface area contributed by atoms with Gasteiger partial charge in [-0.3, -0.25) is 4.79 Å². The van der Waals surface area contributed by atoms with Crippen LogP contribution in [0.3, 0.4) is 0 Å². The van der Waals surface area contributed by atoms with Crippen LogP contribution in [0.15, 0.2) is 46.2 Å². The number of carbonyl (C=O) groups is 1. The molecule has 1 aromatic carbocycles. The molecule has 0 aliphatic rings. The van der Waals surface area contributed by atoms with E-state index in [0.717, 1.165) is 16.9 Å². The minimum atomic E-state index is -0.278. The Kier molecular flexibility index (Phi) is 5.51. The summed E-state index contributed by atoms with van der Waals surface area (Å²) in [4.78, 5) is 11.7. The summed E-state index contributed by atoms with van der Waals surface area (Å²) in [7, 11) is 0. The van der Waals surface area contributed by atoms with Crippen molar-refractivity contribution >= 4 is 23.5 Å². The van der Waals surface area contributed by atoms with Crippen LogP contribution >= 0.6 is 11.3 Å². The van der Waals surface area contributed by atoms with Crippen LogP contribution in [0.1, 0.15) is 30.9 Å². The number of ether oxygens (including phenoxy) is 1. The third-order valence-electron chi connectivity index (χ3n) is 2.85. The van der Waals surface area contributed by atoms with Crippen molar-refractivity contribution in [3.05, 3.63) is 52.2 Å². The zero-order valence-corrected chi connectivity index (χ0v) is 12.9. The molecule has 0 radical (unpaired) electrons. The molecule has 1 N–H and O–H groups in total. The lowest BCUT2D eigenvalue weighted by Crippen LogP contribution is -2.24. The van der Waals surface area contributed by atoms with Crippen LogP contribution in [0.4, 0.5) is 0 Å². The highest BCUT2D eigenvalue weighted by Crippen LogP contribution is 2.25. The van der Waals surface area contributed by atoms with E-state index in [2.05, 4.69) is 24.4 Å². The normalized spacial score (nSPS) is 11.0. The topological polar surface area (TPSA) is 50.7 Å². The fourth-order valence-corrected chi connectivity index (χ4v) is 2.40. The first kappa shape index (κ1) is 15.3. The number of hydrogen-bond donors (Lipinski definition) is 1. The average molecular weight is 302 g/mol. The number of benzene rings is 1. The smallest absolute Gasteiger partial charge is 0.277 e. The lowest BCUT2D eigenvalue weighted by atomic mass is 10.0. The van der Waals surface area contributed by atoms with Gasteiger partial charge < -0.3 is 4.74 Å². The maximum Gasteiger partial charge on any atom is 0.277 e. The fourth-order valence-electron chi connectivity index (χ4n) is 1.79. The highest BCUT2D eigenvalue weighted by Gasteiger charge is 2.08. The molecule has 0 aliphatic heterocycles. The molecule has 0 unspecified atom stereocenters. The van der Waals surface area contributed by atoms with E-state index in [-0.39, 0.29) is 12.5 Å². The molecule has 0 atom stereocenters. The molecule has 0 spiro atoms. The molecule has 0 saturated heterocycles. The second-order valence-corrected chi connectivity index (χ2v) is 5.61. The van der Waals surface area contributed by atoms with Crippen molar-refractivity contribution in [3.63, 3.8) is 0 Å². The first-order valence-corrected chi connectivity index (χ1v) is 7.67. The molecule has 110 valence electrons. The van der Waals surface area contributed by atoms with Crippen LogP contribution in [-0.2, 0) is 4.79 Å². The minimum Gasteiger partial charge on any atom is -0.483 e. The molecule has 5 heteroatoms. The van der Waals surface area contributed by atoms with E-state index in [1.807, 2.05) is 41.1 Å². The molecule has 0 fully saturated rings. The van der Waals surface area contributed by atoms with Gasteiger partial charge in [-0.05, 0) is 34.4 Å². The molecule has 0 saturated carbocycles. The van der Waals surface area contributed by atoms with Crippen molar-refractivity contribution in [1.29, 1.82) is 0 Å². The number of nitrogens with one attached hydrogen (secondary N) is 1. The number of thiophene rings is 1. The Bertz CT molecular complexity index is 606. The van der Waals surface area contributed by atoms with Gasteiger partial charge in [0.1, 0.15) is 5.75 Å². The summed E-state index contributed by atoms with van der Waals surface area (Å²) in [5, 5.41) is 7.79. The monoisotopic (exact) mass is 302 g/mol. The largest absolute Gasteiger partial charge is 0.483 e. The summed E-state index contributed by atoms with van der Waals surface area (Å²) in [6.07, 6.45) is 1.61. The van der Waals surface area contributed by atoms with Gasteiger partial charge >= 0.3 is 0 Å². The predicted octanol–water partition coefficient (Wildman–Crippen LogP) is 3.40. The van der Waals surface area contributed by atoms with Gasteiger partial charge in [0.25, 0.3) is 5.91 Å². The van der Waals surface area contributed by atoms with Gasteiger partial charge in [-0.2, -0.15) is 16.4 Å². The third kappa shape index (κ3) is 4.72. The lowest BCUT2D eigenvalue weighted by molar-refractivity contribution is -0.123. The van der Waals surface area contributed by atoms with E-state index < -0.39 is 0 Å². The van der Waals surface area contributed by atoms with Crippen molar-refractivity contribution in [2.45, 2.75) is 19.8 Å². The lowest BCUT2D eigenvalue weighted by Gasteiger charge is -2.12. The molecule has 1 aromatic heterocycles. The summed E-state index contributed by atoms with van der Waals surface area (Å²) < 4.78 is 5.56.